The minimum absolute atomic E-state index is 0.0476. The lowest BCUT2D eigenvalue weighted by Gasteiger charge is -2.68. The summed E-state index contributed by atoms with van der Waals surface area (Å²) in [4.78, 5) is 25.6. The second kappa shape index (κ2) is 5.50. The normalized spacial score (nSPS) is 31.0. The zero-order valence-electron chi connectivity index (χ0n) is 10.4. The number of carbonyl (C=O) groups excluding carboxylic acids is 1. The van der Waals surface area contributed by atoms with Gasteiger partial charge in [0.1, 0.15) is 0 Å². The Morgan fingerprint density at radius 1 is 1.32 bits per heavy atom. The van der Waals surface area contributed by atoms with Crippen molar-refractivity contribution >= 4 is 17.6 Å². The predicted octanol–water partition coefficient (Wildman–Crippen LogP) is 1.51. The maximum absolute atomic E-state index is 11.6. The third kappa shape index (κ3) is 2.92. The molecule has 19 heavy (non-hydrogen) atoms. The van der Waals surface area contributed by atoms with Gasteiger partial charge in [-0.1, -0.05) is 11.6 Å². The van der Waals surface area contributed by atoms with E-state index < -0.39 is 5.09 Å². The van der Waals surface area contributed by atoms with Crippen molar-refractivity contribution in [2.45, 2.75) is 25.7 Å². The molecule has 0 atom stereocenters. The molecule has 0 aliphatic heterocycles. The second-order valence-corrected chi connectivity index (χ2v) is 5.53. The number of ether oxygens (including phenoxy) is 2. The van der Waals surface area contributed by atoms with Gasteiger partial charge in [-0.05, 0) is 31.1 Å². The first-order valence-electron chi connectivity index (χ1n) is 6.10. The van der Waals surface area contributed by atoms with Crippen molar-refractivity contribution in [1.82, 2.24) is 0 Å². The van der Waals surface area contributed by atoms with Crippen molar-refractivity contribution in [3.63, 3.8) is 0 Å². The van der Waals surface area contributed by atoms with E-state index in [2.05, 4.69) is 4.84 Å². The van der Waals surface area contributed by atoms with Gasteiger partial charge < -0.3 is 14.3 Å². The summed E-state index contributed by atoms with van der Waals surface area (Å²) in [7, 11) is 0. The molecule has 108 valence electrons. The third-order valence-electron chi connectivity index (χ3n) is 3.80. The molecule has 0 saturated heterocycles. The number of nitrogens with zero attached hydrogens (tertiary/aromatic N) is 1. The quantitative estimate of drug-likeness (QED) is 0.210. The molecule has 3 aliphatic carbocycles. The molecule has 0 N–H and O–H groups in total. The molecule has 7 nitrogen and oxygen atoms in total. The monoisotopic (exact) mass is 293 g/mol. The first kappa shape index (κ1) is 14.3. The lowest BCUT2D eigenvalue weighted by molar-refractivity contribution is -0.757. The van der Waals surface area contributed by atoms with Gasteiger partial charge in [0.25, 0.3) is 5.09 Å². The van der Waals surface area contributed by atoms with E-state index in [9.17, 15) is 14.9 Å². The molecule has 3 rings (SSSR count). The van der Waals surface area contributed by atoms with E-state index in [0.29, 0.717) is 19.6 Å². The van der Waals surface area contributed by atoms with E-state index in [1.807, 2.05) is 0 Å². The molecule has 0 heterocycles. The van der Waals surface area contributed by atoms with Crippen molar-refractivity contribution in [3.05, 3.63) is 10.1 Å². The molecule has 0 unspecified atom stereocenters. The maximum atomic E-state index is 11.6. The van der Waals surface area contributed by atoms with Crippen LogP contribution < -0.4 is 0 Å². The van der Waals surface area contributed by atoms with E-state index in [-0.39, 0.29) is 29.5 Å². The van der Waals surface area contributed by atoms with Crippen LogP contribution in [0.1, 0.15) is 25.7 Å². The first-order chi connectivity index (χ1) is 9.02. The number of carbonyl (C=O) groups is 1. The summed E-state index contributed by atoms with van der Waals surface area (Å²) < 4.78 is 10.3. The molecule has 0 radical (unpaired) electrons. The van der Waals surface area contributed by atoms with Gasteiger partial charge in [-0.3, -0.25) is 4.79 Å². The molecule has 8 heteroatoms. The number of halogens is 1. The highest BCUT2D eigenvalue weighted by Gasteiger charge is 2.72. The highest BCUT2D eigenvalue weighted by molar-refractivity contribution is 6.17. The predicted molar refractivity (Wildman–Crippen MR) is 63.9 cm³/mol. The Hall–Kier alpha value is -1.08. The van der Waals surface area contributed by atoms with E-state index in [1.165, 1.54) is 0 Å². The van der Waals surface area contributed by atoms with Gasteiger partial charge in [0.05, 0.1) is 18.6 Å². The van der Waals surface area contributed by atoms with Crippen molar-refractivity contribution in [1.29, 1.82) is 0 Å². The van der Waals surface area contributed by atoms with Gasteiger partial charge in [-0.15, -0.1) is 10.1 Å². The average Bonchev–Trinajstić information content (AvgIpc) is 2.23. The number of alkyl halides is 1. The molecular formula is C11H16ClNO6. The molecule has 3 fully saturated rings. The number of hydrogen-bond acceptors (Lipinski definition) is 6. The SMILES string of the molecule is O=C(OCCl)C12CC(COCCCO[N+](=O)[O-])(C1)C2. The van der Waals surface area contributed by atoms with Gasteiger partial charge in [0, 0.05) is 6.61 Å². The lowest BCUT2D eigenvalue weighted by atomic mass is 9.35. The smallest absolute Gasteiger partial charge is 0.313 e. The van der Waals surface area contributed by atoms with Gasteiger partial charge in [-0.2, -0.15) is 0 Å². The summed E-state index contributed by atoms with van der Waals surface area (Å²) >= 11 is 5.36. The van der Waals surface area contributed by atoms with Crippen molar-refractivity contribution in [2.75, 3.05) is 25.9 Å². The fourth-order valence-electron chi connectivity index (χ4n) is 3.16. The Labute approximate surface area is 115 Å². The Kier molecular flexibility index (Phi) is 4.15. The minimum atomic E-state index is -0.812. The van der Waals surface area contributed by atoms with Gasteiger partial charge in [0.15, 0.2) is 6.07 Å². The van der Waals surface area contributed by atoms with Gasteiger partial charge >= 0.3 is 5.97 Å². The van der Waals surface area contributed by atoms with Crippen molar-refractivity contribution < 1.29 is 24.2 Å². The van der Waals surface area contributed by atoms with Crippen LogP contribution in [0.25, 0.3) is 0 Å². The van der Waals surface area contributed by atoms with Crippen LogP contribution >= 0.6 is 11.6 Å². The highest BCUT2D eigenvalue weighted by atomic mass is 35.5. The molecule has 2 bridgehead atoms. The molecule has 3 aliphatic rings. The molecule has 0 aromatic rings. The summed E-state index contributed by atoms with van der Waals surface area (Å²) in [5.74, 6) is -0.205. The standard InChI is InChI=1S/C11H16ClNO6/c12-8-18-9(14)11-4-10(5-11,6-11)7-17-2-1-3-19-13(15)16/h1-8H2. The Morgan fingerprint density at radius 3 is 2.58 bits per heavy atom. The average molecular weight is 294 g/mol. The van der Waals surface area contributed by atoms with E-state index in [0.717, 1.165) is 19.3 Å². The van der Waals surface area contributed by atoms with Crippen LogP contribution in [0.2, 0.25) is 0 Å². The number of hydrogen-bond donors (Lipinski definition) is 0. The highest BCUT2D eigenvalue weighted by Crippen LogP contribution is 2.73. The van der Waals surface area contributed by atoms with Crippen LogP contribution in [0.4, 0.5) is 0 Å². The van der Waals surface area contributed by atoms with Gasteiger partial charge in [0.2, 0.25) is 0 Å². The van der Waals surface area contributed by atoms with Crippen LogP contribution in [-0.2, 0) is 19.1 Å². The zero-order valence-corrected chi connectivity index (χ0v) is 11.2. The fraction of sp³-hybridized carbons (Fsp3) is 0.909. The minimum Gasteiger partial charge on any atom is -0.449 e. The molecular weight excluding hydrogens is 278 g/mol. The Balaban J connectivity index is 1.54. The van der Waals surface area contributed by atoms with Crippen molar-refractivity contribution in [3.8, 4) is 0 Å². The molecule has 0 amide bonds. The van der Waals surface area contributed by atoms with Crippen LogP contribution in [0, 0.1) is 20.9 Å². The van der Waals surface area contributed by atoms with Crippen LogP contribution in [0.3, 0.4) is 0 Å². The summed E-state index contributed by atoms with van der Waals surface area (Å²) in [6.07, 6.45) is 2.86. The summed E-state index contributed by atoms with van der Waals surface area (Å²) in [6, 6.07) is -0.0967. The van der Waals surface area contributed by atoms with Crippen LogP contribution in [0.15, 0.2) is 0 Å². The number of esters is 1. The second-order valence-electron chi connectivity index (χ2n) is 5.31. The third-order valence-corrected chi connectivity index (χ3v) is 3.91. The van der Waals surface area contributed by atoms with E-state index in [1.54, 1.807) is 0 Å². The summed E-state index contributed by atoms with van der Waals surface area (Å²) in [6.45, 7) is 1.06. The number of rotatable bonds is 9. The van der Waals surface area contributed by atoms with Crippen LogP contribution in [0.5, 0.6) is 0 Å². The topological polar surface area (TPSA) is 87.9 Å². The molecule has 0 aromatic carbocycles. The molecule has 3 saturated carbocycles. The Morgan fingerprint density at radius 2 is 2.00 bits per heavy atom. The van der Waals surface area contributed by atoms with E-state index in [4.69, 9.17) is 21.1 Å². The van der Waals surface area contributed by atoms with E-state index >= 15 is 0 Å². The first-order valence-corrected chi connectivity index (χ1v) is 6.64. The van der Waals surface area contributed by atoms with Crippen molar-refractivity contribution in [2.24, 2.45) is 10.8 Å². The molecule has 0 aromatic heterocycles. The fourth-order valence-corrected chi connectivity index (χ4v) is 3.26. The Bertz CT molecular complexity index is 354. The summed E-state index contributed by atoms with van der Waals surface area (Å²) in [5.41, 5.74) is -0.206. The lowest BCUT2D eigenvalue weighted by Crippen LogP contribution is -2.67. The molecule has 0 spiro atoms. The largest absolute Gasteiger partial charge is 0.449 e. The maximum Gasteiger partial charge on any atom is 0.313 e. The van der Waals surface area contributed by atoms with Crippen LogP contribution in [-0.4, -0.2) is 36.9 Å². The zero-order chi connectivity index (χ0) is 13.9. The van der Waals surface area contributed by atoms with Gasteiger partial charge in [-0.25, -0.2) is 0 Å². The summed E-state index contributed by atoms with van der Waals surface area (Å²) in [5, 5.41) is 9.08.